The topological polar surface area (TPSA) is 58.1 Å². The summed E-state index contributed by atoms with van der Waals surface area (Å²) in [6, 6.07) is 0. The molecule has 0 unspecified atom stereocenters. The van der Waals surface area contributed by atoms with Gasteiger partial charge >= 0.3 is 0 Å². The van der Waals surface area contributed by atoms with E-state index in [1.165, 1.54) is 19.0 Å². The molecule has 0 fully saturated rings. The minimum atomic E-state index is -0.620. The zero-order valence-corrected chi connectivity index (χ0v) is 9.05. The van der Waals surface area contributed by atoms with Crippen LogP contribution in [0.15, 0.2) is 6.20 Å². The molecule has 7 heteroatoms. The van der Waals surface area contributed by atoms with Gasteiger partial charge in [0.2, 0.25) is 11.2 Å². The maximum Gasteiger partial charge on any atom is 0.239 e. The highest BCUT2D eigenvalue weighted by Gasteiger charge is 2.13. The second-order valence-electron chi connectivity index (χ2n) is 2.84. The molecule has 1 N–H and O–H groups in total. The van der Waals surface area contributed by atoms with Crippen LogP contribution in [-0.4, -0.2) is 36.5 Å². The molecule has 0 aromatic carbocycles. The van der Waals surface area contributed by atoms with Crippen LogP contribution in [0.5, 0.6) is 0 Å². The lowest BCUT2D eigenvalue weighted by Crippen LogP contribution is -2.33. The summed E-state index contributed by atoms with van der Waals surface area (Å²) < 4.78 is 13.2. The highest BCUT2D eigenvalue weighted by Crippen LogP contribution is 2.15. The van der Waals surface area contributed by atoms with Crippen LogP contribution in [-0.2, 0) is 4.79 Å². The quantitative estimate of drug-likeness (QED) is 0.769. The maximum absolute atomic E-state index is 13.2. The van der Waals surface area contributed by atoms with Crippen LogP contribution in [0.1, 0.15) is 0 Å². The van der Waals surface area contributed by atoms with Crippen LogP contribution >= 0.6 is 11.6 Å². The second kappa shape index (κ2) is 4.88. The number of hydrogen-bond acceptors (Lipinski definition) is 4. The van der Waals surface area contributed by atoms with E-state index >= 15 is 0 Å². The van der Waals surface area contributed by atoms with Crippen molar-refractivity contribution < 1.29 is 9.18 Å². The average molecular weight is 233 g/mol. The lowest BCUT2D eigenvalue weighted by Gasteiger charge is -2.17. The third-order valence-corrected chi connectivity index (χ3v) is 1.90. The molecule has 1 aromatic rings. The SMILES string of the molecule is CNC(=O)CN(C)c1nc(Cl)ncc1F. The molecule has 1 heterocycles. The van der Waals surface area contributed by atoms with E-state index in [4.69, 9.17) is 11.6 Å². The smallest absolute Gasteiger partial charge is 0.239 e. The molecule has 0 saturated carbocycles. The minimum Gasteiger partial charge on any atom is -0.358 e. The average Bonchev–Trinajstić information content (AvgIpc) is 2.21. The molecule has 1 aromatic heterocycles. The summed E-state index contributed by atoms with van der Waals surface area (Å²) in [5.74, 6) is -0.865. The first-order valence-corrected chi connectivity index (χ1v) is 4.52. The van der Waals surface area contributed by atoms with Gasteiger partial charge in [0.25, 0.3) is 0 Å². The number of anilines is 1. The van der Waals surface area contributed by atoms with E-state index in [9.17, 15) is 9.18 Å². The Morgan fingerprint density at radius 2 is 2.40 bits per heavy atom. The van der Waals surface area contributed by atoms with Gasteiger partial charge in [-0.3, -0.25) is 4.79 Å². The van der Waals surface area contributed by atoms with E-state index in [2.05, 4.69) is 15.3 Å². The number of nitrogens with one attached hydrogen (secondary N) is 1. The number of hydrogen-bond donors (Lipinski definition) is 1. The number of rotatable bonds is 3. The van der Waals surface area contributed by atoms with E-state index < -0.39 is 5.82 Å². The Balaban J connectivity index is 2.85. The summed E-state index contributed by atoms with van der Waals surface area (Å²) in [5, 5.41) is 2.36. The highest BCUT2D eigenvalue weighted by atomic mass is 35.5. The maximum atomic E-state index is 13.2. The molecule has 0 aliphatic heterocycles. The third kappa shape index (κ3) is 3.02. The van der Waals surface area contributed by atoms with Crippen LogP contribution in [0, 0.1) is 5.82 Å². The van der Waals surface area contributed by atoms with Gasteiger partial charge in [0.1, 0.15) is 0 Å². The summed E-state index contributed by atoms with van der Waals surface area (Å²) in [7, 11) is 3.04. The summed E-state index contributed by atoms with van der Waals surface area (Å²) in [6.07, 6.45) is 0.963. The van der Waals surface area contributed by atoms with Gasteiger partial charge in [-0.05, 0) is 11.6 Å². The molecule has 0 bridgehead atoms. The van der Waals surface area contributed by atoms with E-state index in [1.807, 2.05) is 0 Å². The molecule has 0 aliphatic rings. The molecule has 0 spiro atoms. The lowest BCUT2D eigenvalue weighted by atomic mass is 10.4. The van der Waals surface area contributed by atoms with Crippen LogP contribution in [0.2, 0.25) is 5.28 Å². The van der Waals surface area contributed by atoms with E-state index in [1.54, 1.807) is 0 Å². The fourth-order valence-corrected chi connectivity index (χ4v) is 1.10. The molecule has 0 saturated heterocycles. The number of aromatic nitrogens is 2. The molecule has 15 heavy (non-hydrogen) atoms. The fourth-order valence-electron chi connectivity index (χ4n) is 0.974. The van der Waals surface area contributed by atoms with Crippen LogP contribution in [0.25, 0.3) is 0 Å². The summed E-state index contributed by atoms with van der Waals surface area (Å²) in [6.45, 7) is 0.000756. The first-order chi connectivity index (χ1) is 7.04. The zero-order chi connectivity index (χ0) is 11.4. The highest BCUT2D eigenvalue weighted by molar-refractivity contribution is 6.28. The van der Waals surface area contributed by atoms with Gasteiger partial charge in [-0.2, -0.15) is 4.98 Å². The Kier molecular flexibility index (Phi) is 3.79. The van der Waals surface area contributed by atoms with Crippen molar-refractivity contribution >= 4 is 23.3 Å². The van der Waals surface area contributed by atoms with Crippen molar-refractivity contribution in [2.45, 2.75) is 0 Å². The van der Waals surface area contributed by atoms with Crippen LogP contribution in [0.3, 0.4) is 0 Å². The van der Waals surface area contributed by atoms with Crippen molar-refractivity contribution in [2.75, 3.05) is 25.5 Å². The summed E-state index contributed by atoms with van der Waals surface area (Å²) in [5.41, 5.74) is 0. The van der Waals surface area contributed by atoms with Gasteiger partial charge in [-0.15, -0.1) is 0 Å². The molecule has 0 atom stereocenters. The first-order valence-electron chi connectivity index (χ1n) is 4.14. The van der Waals surface area contributed by atoms with Crippen molar-refractivity contribution in [1.82, 2.24) is 15.3 Å². The monoisotopic (exact) mass is 232 g/mol. The minimum absolute atomic E-state index is 0.000756. The summed E-state index contributed by atoms with van der Waals surface area (Å²) in [4.78, 5) is 19.5. The van der Waals surface area contributed by atoms with Gasteiger partial charge in [-0.1, -0.05) is 0 Å². The number of nitrogens with zero attached hydrogens (tertiary/aromatic N) is 3. The van der Waals surface area contributed by atoms with Crippen molar-refractivity contribution in [3.63, 3.8) is 0 Å². The predicted molar refractivity (Wildman–Crippen MR) is 54.3 cm³/mol. The lowest BCUT2D eigenvalue weighted by molar-refractivity contribution is -0.119. The Morgan fingerprint density at radius 1 is 1.73 bits per heavy atom. The van der Waals surface area contributed by atoms with Crippen LogP contribution in [0.4, 0.5) is 10.2 Å². The van der Waals surface area contributed by atoms with Crippen molar-refractivity contribution in [3.05, 3.63) is 17.3 Å². The Bertz CT molecular complexity index is 374. The number of likely N-dealkylation sites (N-methyl/N-ethyl adjacent to an activating group) is 2. The summed E-state index contributed by atoms with van der Waals surface area (Å²) >= 11 is 5.52. The third-order valence-electron chi connectivity index (χ3n) is 1.72. The second-order valence-corrected chi connectivity index (χ2v) is 3.18. The largest absolute Gasteiger partial charge is 0.358 e. The van der Waals surface area contributed by atoms with Crippen molar-refractivity contribution in [3.8, 4) is 0 Å². The van der Waals surface area contributed by atoms with Gasteiger partial charge < -0.3 is 10.2 Å². The Labute approximate surface area is 91.3 Å². The predicted octanol–water partition coefficient (Wildman–Crippen LogP) is 0.451. The van der Waals surface area contributed by atoms with E-state index in [0.29, 0.717) is 0 Å². The molecule has 1 amide bonds. The van der Waals surface area contributed by atoms with E-state index in [0.717, 1.165) is 6.20 Å². The zero-order valence-electron chi connectivity index (χ0n) is 8.29. The van der Waals surface area contributed by atoms with Gasteiger partial charge in [0.05, 0.1) is 12.7 Å². The molecular formula is C8H10ClFN4O. The van der Waals surface area contributed by atoms with Gasteiger partial charge in [-0.25, -0.2) is 9.37 Å². The number of carbonyl (C=O) groups is 1. The number of halogens is 2. The molecule has 1 rings (SSSR count). The molecular weight excluding hydrogens is 223 g/mol. The molecule has 5 nitrogen and oxygen atoms in total. The van der Waals surface area contributed by atoms with E-state index in [-0.39, 0.29) is 23.6 Å². The standard InChI is InChI=1S/C8H10ClFN4O/c1-11-6(15)4-14(2)7-5(10)3-12-8(9)13-7/h3H,4H2,1-2H3,(H,11,15). The number of carbonyl (C=O) groups excluding carboxylic acids is 1. The van der Waals surface area contributed by atoms with Gasteiger partial charge in [0, 0.05) is 14.1 Å². The first kappa shape index (κ1) is 11.6. The van der Waals surface area contributed by atoms with Gasteiger partial charge in [0.15, 0.2) is 11.6 Å². The number of amides is 1. The molecule has 0 aliphatic carbocycles. The Hall–Kier alpha value is -1.43. The normalized spacial score (nSPS) is 9.87. The molecule has 82 valence electrons. The van der Waals surface area contributed by atoms with Crippen molar-refractivity contribution in [2.24, 2.45) is 0 Å². The Morgan fingerprint density at radius 3 is 3.00 bits per heavy atom. The van der Waals surface area contributed by atoms with Crippen molar-refractivity contribution in [1.29, 1.82) is 0 Å². The fraction of sp³-hybridized carbons (Fsp3) is 0.375. The van der Waals surface area contributed by atoms with Crippen LogP contribution < -0.4 is 10.2 Å². The molecule has 0 radical (unpaired) electrons.